The van der Waals surface area contributed by atoms with Crippen molar-refractivity contribution in [2.24, 2.45) is 5.41 Å². The van der Waals surface area contributed by atoms with Crippen molar-refractivity contribution in [3.8, 4) is 0 Å². The lowest BCUT2D eigenvalue weighted by Crippen LogP contribution is -2.51. The van der Waals surface area contributed by atoms with Gasteiger partial charge in [-0.3, -0.25) is 0 Å². The molecule has 2 atom stereocenters. The molecule has 3 heteroatoms. The van der Waals surface area contributed by atoms with E-state index >= 15 is 0 Å². The average Bonchev–Trinajstić information content (AvgIpc) is 2.03. The zero-order chi connectivity index (χ0) is 10.1. The first-order valence-corrected chi connectivity index (χ1v) is 4.95. The quantitative estimate of drug-likeness (QED) is 0.672. The number of hydrogen-bond donors (Lipinski definition) is 1. The van der Waals surface area contributed by atoms with Crippen LogP contribution in [-0.4, -0.2) is 18.5 Å². The van der Waals surface area contributed by atoms with Gasteiger partial charge in [0.15, 0.2) is 0 Å². The molecule has 1 saturated heterocycles. The Kier molecular flexibility index (Phi) is 3.28. The van der Waals surface area contributed by atoms with Gasteiger partial charge in [-0.2, -0.15) is 0 Å². The van der Waals surface area contributed by atoms with E-state index in [1.807, 2.05) is 0 Å². The van der Waals surface area contributed by atoms with Crippen LogP contribution in [0.4, 0.5) is 8.78 Å². The summed E-state index contributed by atoms with van der Waals surface area (Å²) in [5.74, 6) is 0. The molecule has 0 aliphatic carbocycles. The van der Waals surface area contributed by atoms with Crippen LogP contribution in [0.15, 0.2) is 0 Å². The summed E-state index contributed by atoms with van der Waals surface area (Å²) in [6.07, 6.45) is 0.339. The molecule has 78 valence electrons. The highest BCUT2D eigenvalue weighted by molar-refractivity contribution is 4.88. The maximum atomic E-state index is 12.4. The van der Waals surface area contributed by atoms with Crippen molar-refractivity contribution in [3.05, 3.63) is 0 Å². The summed E-state index contributed by atoms with van der Waals surface area (Å²) < 4.78 is 24.8. The van der Waals surface area contributed by atoms with Gasteiger partial charge >= 0.3 is 0 Å². The normalized spacial score (nSPS) is 30.9. The zero-order valence-electron chi connectivity index (χ0n) is 8.61. The highest BCUT2D eigenvalue weighted by Gasteiger charge is 2.33. The Bertz CT molecular complexity index is 163. The van der Waals surface area contributed by atoms with E-state index in [1.165, 1.54) is 0 Å². The monoisotopic (exact) mass is 191 g/mol. The van der Waals surface area contributed by atoms with Crippen LogP contribution in [0.1, 0.15) is 40.0 Å². The van der Waals surface area contributed by atoms with Gasteiger partial charge in [-0.05, 0) is 18.3 Å². The van der Waals surface area contributed by atoms with E-state index in [4.69, 9.17) is 0 Å². The zero-order valence-corrected chi connectivity index (χ0v) is 8.61. The summed E-state index contributed by atoms with van der Waals surface area (Å²) in [5, 5.41) is 3.04. The Balaban J connectivity index is 2.52. The Labute approximate surface area is 78.9 Å². The molecule has 1 nitrogen and oxygen atoms in total. The maximum Gasteiger partial charge on any atom is 0.253 e. The topological polar surface area (TPSA) is 12.0 Å². The number of piperidine rings is 1. The smallest absolute Gasteiger partial charge is 0.253 e. The van der Waals surface area contributed by atoms with Gasteiger partial charge in [-0.15, -0.1) is 0 Å². The van der Waals surface area contributed by atoms with Gasteiger partial charge in [-0.25, -0.2) is 8.78 Å². The van der Waals surface area contributed by atoms with Crippen LogP contribution in [0, 0.1) is 5.41 Å². The minimum atomic E-state index is -2.22. The third-order valence-electron chi connectivity index (χ3n) is 2.77. The van der Waals surface area contributed by atoms with Crippen LogP contribution >= 0.6 is 0 Å². The highest BCUT2D eigenvalue weighted by Crippen LogP contribution is 2.28. The fraction of sp³-hybridized carbons (Fsp3) is 1.00. The molecule has 1 fully saturated rings. The molecular formula is C10H19F2N. The summed E-state index contributed by atoms with van der Waals surface area (Å²) in [4.78, 5) is 0. The second-order valence-electron chi connectivity index (χ2n) is 4.96. The third kappa shape index (κ3) is 2.90. The van der Waals surface area contributed by atoms with Gasteiger partial charge in [-0.1, -0.05) is 27.2 Å². The number of nitrogens with one attached hydrogen (secondary N) is 1. The van der Waals surface area contributed by atoms with Gasteiger partial charge in [0, 0.05) is 6.04 Å². The Morgan fingerprint density at radius 2 is 1.85 bits per heavy atom. The van der Waals surface area contributed by atoms with E-state index in [0.29, 0.717) is 6.42 Å². The van der Waals surface area contributed by atoms with Crippen molar-refractivity contribution in [1.29, 1.82) is 0 Å². The van der Waals surface area contributed by atoms with E-state index < -0.39 is 12.5 Å². The molecule has 0 aromatic carbocycles. The van der Waals surface area contributed by atoms with E-state index in [1.54, 1.807) is 0 Å². The van der Waals surface area contributed by atoms with Crippen molar-refractivity contribution >= 4 is 0 Å². The van der Waals surface area contributed by atoms with Gasteiger partial charge < -0.3 is 5.32 Å². The second kappa shape index (κ2) is 3.91. The predicted octanol–water partition coefficient (Wildman–Crippen LogP) is 2.81. The molecule has 0 saturated carbocycles. The summed E-state index contributed by atoms with van der Waals surface area (Å²) in [6.45, 7) is 6.29. The SMILES string of the molecule is CC(C)(C)C1CCCC(C(F)F)N1. The largest absolute Gasteiger partial charge is 0.306 e. The molecule has 0 radical (unpaired) electrons. The molecule has 2 unspecified atom stereocenters. The number of halogens is 2. The van der Waals surface area contributed by atoms with E-state index in [2.05, 4.69) is 26.1 Å². The number of hydrogen-bond acceptors (Lipinski definition) is 1. The minimum Gasteiger partial charge on any atom is -0.306 e. The lowest BCUT2D eigenvalue weighted by molar-refractivity contribution is 0.0570. The molecule has 0 aromatic heterocycles. The molecule has 1 aliphatic rings. The molecule has 0 aromatic rings. The first kappa shape index (κ1) is 10.9. The molecule has 0 spiro atoms. The van der Waals surface area contributed by atoms with Crippen LogP contribution in [0.2, 0.25) is 0 Å². The van der Waals surface area contributed by atoms with Crippen molar-refractivity contribution in [1.82, 2.24) is 5.32 Å². The van der Waals surface area contributed by atoms with Crippen molar-refractivity contribution < 1.29 is 8.78 Å². The fourth-order valence-electron chi connectivity index (χ4n) is 1.85. The second-order valence-corrected chi connectivity index (χ2v) is 4.96. The molecule has 1 N–H and O–H groups in total. The number of alkyl halides is 2. The van der Waals surface area contributed by atoms with Crippen LogP contribution in [0.3, 0.4) is 0 Å². The molecule has 1 heterocycles. The van der Waals surface area contributed by atoms with Crippen molar-refractivity contribution in [3.63, 3.8) is 0 Å². The van der Waals surface area contributed by atoms with E-state index in [-0.39, 0.29) is 11.5 Å². The first-order valence-electron chi connectivity index (χ1n) is 4.95. The van der Waals surface area contributed by atoms with Crippen LogP contribution in [-0.2, 0) is 0 Å². The van der Waals surface area contributed by atoms with E-state index in [9.17, 15) is 8.78 Å². The molecule has 0 amide bonds. The Morgan fingerprint density at radius 3 is 2.31 bits per heavy atom. The average molecular weight is 191 g/mol. The first-order chi connectivity index (χ1) is 5.91. The molecule has 1 rings (SSSR count). The maximum absolute atomic E-state index is 12.4. The van der Waals surface area contributed by atoms with E-state index in [0.717, 1.165) is 12.8 Å². The van der Waals surface area contributed by atoms with Crippen LogP contribution in [0.5, 0.6) is 0 Å². The van der Waals surface area contributed by atoms with Gasteiger partial charge in [0.25, 0.3) is 6.43 Å². The lowest BCUT2D eigenvalue weighted by Gasteiger charge is -2.38. The highest BCUT2D eigenvalue weighted by atomic mass is 19.3. The standard InChI is InChI=1S/C10H19F2N/c1-10(2,3)8-6-4-5-7(13-8)9(11)12/h7-9,13H,4-6H2,1-3H3. The van der Waals surface area contributed by atoms with Crippen molar-refractivity contribution in [2.75, 3.05) is 0 Å². The van der Waals surface area contributed by atoms with Gasteiger partial charge in [0.2, 0.25) is 0 Å². The minimum absolute atomic E-state index is 0.0908. The summed E-state index contributed by atoms with van der Waals surface area (Å²) >= 11 is 0. The van der Waals surface area contributed by atoms with Crippen LogP contribution < -0.4 is 5.32 Å². The molecular weight excluding hydrogens is 172 g/mol. The van der Waals surface area contributed by atoms with Gasteiger partial charge in [0.05, 0.1) is 6.04 Å². The molecule has 1 aliphatic heterocycles. The summed E-state index contributed by atoms with van der Waals surface area (Å²) in [6, 6.07) is -0.349. The molecule has 13 heavy (non-hydrogen) atoms. The third-order valence-corrected chi connectivity index (χ3v) is 2.77. The predicted molar refractivity (Wildman–Crippen MR) is 50.0 cm³/mol. The lowest BCUT2D eigenvalue weighted by atomic mass is 9.80. The molecule has 0 bridgehead atoms. The fourth-order valence-corrected chi connectivity index (χ4v) is 1.85. The Morgan fingerprint density at radius 1 is 1.23 bits per heavy atom. The van der Waals surface area contributed by atoms with Crippen LogP contribution in [0.25, 0.3) is 0 Å². The summed E-state index contributed by atoms with van der Waals surface area (Å²) in [5.41, 5.74) is 0.0908. The summed E-state index contributed by atoms with van der Waals surface area (Å²) in [7, 11) is 0. The van der Waals surface area contributed by atoms with Crippen molar-refractivity contribution in [2.45, 2.75) is 58.5 Å². The van der Waals surface area contributed by atoms with Gasteiger partial charge in [0.1, 0.15) is 0 Å². The Hall–Kier alpha value is -0.180. The number of rotatable bonds is 1.